The monoisotopic (exact) mass is 167 g/mol. The normalized spacial score (nSPS) is 43.0. The van der Waals surface area contributed by atoms with Crippen molar-refractivity contribution in [3.8, 4) is 0 Å². The highest BCUT2D eigenvalue weighted by molar-refractivity contribution is 4.88. The summed E-state index contributed by atoms with van der Waals surface area (Å²) in [5.41, 5.74) is 0. The molecule has 2 unspecified atom stereocenters. The van der Waals surface area contributed by atoms with Gasteiger partial charge in [0.05, 0.1) is 0 Å². The molecule has 0 spiro atoms. The lowest BCUT2D eigenvalue weighted by Gasteiger charge is -2.47. The van der Waals surface area contributed by atoms with Crippen LogP contribution in [0.1, 0.15) is 33.1 Å². The summed E-state index contributed by atoms with van der Waals surface area (Å²) >= 11 is 0. The Hall–Kier alpha value is -0.0400. The minimum absolute atomic E-state index is 0.957. The van der Waals surface area contributed by atoms with E-state index in [-0.39, 0.29) is 0 Å². The zero-order chi connectivity index (χ0) is 8.55. The Bertz CT molecular complexity index is 147. The Kier molecular flexibility index (Phi) is 2.40. The van der Waals surface area contributed by atoms with E-state index in [9.17, 15) is 0 Å². The van der Waals surface area contributed by atoms with E-state index in [1.165, 1.54) is 38.9 Å². The summed E-state index contributed by atoms with van der Waals surface area (Å²) in [6.07, 6.45) is 4.33. The molecule has 0 N–H and O–H groups in total. The standard InChI is InChI=1S/C11H21N/c1-3-9(2)11-8-12-6-4-10(11)5-7-12/h9-11H,3-8H2,1-2H3. The molecule has 0 aliphatic carbocycles. The lowest BCUT2D eigenvalue weighted by Crippen LogP contribution is -2.49. The highest BCUT2D eigenvalue weighted by Crippen LogP contribution is 2.37. The molecule has 3 aliphatic rings. The summed E-state index contributed by atoms with van der Waals surface area (Å²) in [5.74, 6) is 3.06. The number of fused-ring (bicyclic) bond motifs is 3. The summed E-state index contributed by atoms with van der Waals surface area (Å²) in [6.45, 7) is 8.95. The van der Waals surface area contributed by atoms with Crippen molar-refractivity contribution in [3.63, 3.8) is 0 Å². The fourth-order valence-electron chi connectivity index (χ4n) is 2.96. The maximum Gasteiger partial charge on any atom is 0.00149 e. The van der Waals surface area contributed by atoms with Gasteiger partial charge >= 0.3 is 0 Å². The second-order valence-electron chi connectivity index (χ2n) is 4.69. The van der Waals surface area contributed by atoms with Crippen LogP contribution in [-0.2, 0) is 0 Å². The van der Waals surface area contributed by atoms with Crippen LogP contribution in [0.2, 0.25) is 0 Å². The highest BCUT2D eigenvalue weighted by atomic mass is 15.1. The summed E-state index contributed by atoms with van der Waals surface area (Å²) in [5, 5.41) is 0. The number of piperidine rings is 3. The Morgan fingerprint density at radius 1 is 1.33 bits per heavy atom. The zero-order valence-electron chi connectivity index (χ0n) is 8.42. The first-order chi connectivity index (χ1) is 5.81. The van der Waals surface area contributed by atoms with Crippen molar-refractivity contribution in [2.45, 2.75) is 33.1 Å². The largest absolute Gasteiger partial charge is 0.303 e. The van der Waals surface area contributed by atoms with E-state index in [1.54, 1.807) is 0 Å². The fourth-order valence-corrected chi connectivity index (χ4v) is 2.96. The predicted molar refractivity (Wildman–Crippen MR) is 52.1 cm³/mol. The Morgan fingerprint density at radius 2 is 2.00 bits per heavy atom. The van der Waals surface area contributed by atoms with E-state index in [0.29, 0.717) is 0 Å². The third-order valence-corrected chi connectivity index (χ3v) is 4.08. The van der Waals surface area contributed by atoms with Crippen molar-refractivity contribution >= 4 is 0 Å². The number of rotatable bonds is 2. The second-order valence-corrected chi connectivity index (χ2v) is 4.69. The maximum atomic E-state index is 2.66. The quantitative estimate of drug-likeness (QED) is 0.610. The van der Waals surface area contributed by atoms with E-state index < -0.39 is 0 Å². The first-order valence-electron chi connectivity index (χ1n) is 5.53. The van der Waals surface area contributed by atoms with E-state index >= 15 is 0 Å². The molecule has 3 heterocycles. The van der Waals surface area contributed by atoms with Crippen LogP contribution in [0.5, 0.6) is 0 Å². The van der Waals surface area contributed by atoms with Gasteiger partial charge in [0, 0.05) is 6.54 Å². The molecule has 0 saturated carbocycles. The van der Waals surface area contributed by atoms with Gasteiger partial charge in [-0.05, 0) is 43.7 Å². The molecular weight excluding hydrogens is 146 g/mol. The Balaban J connectivity index is 1.99. The van der Waals surface area contributed by atoms with Crippen LogP contribution in [0.4, 0.5) is 0 Å². The topological polar surface area (TPSA) is 3.24 Å². The van der Waals surface area contributed by atoms with Gasteiger partial charge in [0.1, 0.15) is 0 Å². The van der Waals surface area contributed by atoms with Crippen molar-refractivity contribution in [1.82, 2.24) is 4.90 Å². The summed E-state index contributed by atoms with van der Waals surface area (Å²) < 4.78 is 0. The predicted octanol–water partition coefficient (Wildman–Crippen LogP) is 2.37. The second kappa shape index (κ2) is 3.37. The summed E-state index contributed by atoms with van der Waals surface area (Å²) in [4.78, 5) is 2.66. The molecule has 12 heavy (non-hydrogen) atoms. The summed E-state index contributed by atoms with van der Waals surface area (Å²) in [7, 11) is 0. The maximum absolute atomic E-state index is 2.66. The van der Waals surface area contributed by atoms with Gasteiger partial charge in [-0.1, -0.05) is 20.3 Å². The molecule has 3 aliphatic heterocycles. The smallest absolute Gasteiger partial charge is 0.00149 e. The average molecular weight is 167 g/mol. The van der Waals surface area contributed by atoms with Crippen molar-refractivity contribution in [2.24, 2.45) is 17.8 Å². The van der Waals surface area contributed by atoms with Crippen LogP contribution < -0.4 is 0 Å². The molecule has 0 amide bonds. The molecule has 1 nitrogen and oxygen atoms in total. The van der Waals surface area contributed by atoms with Gasteiger partial charge in [0.15, 0.2) is 0 Å². The van der Waals surface area contributed by atoms with E-state index in [2.05, 4.69) is 18.7 Å². The minimum atomic E-state index is 0.957. The number of nitrogens with zero attached hydrogens (tertiary/aromatic N) is 1. The van der Waals surface area contributed by atoms with E-state index in [0.717, 1.165) is 17.8 Å². The minimum Gasteiger partial charge on any atom is -0.303 e. The molecule has 0 aromatic rings. The molecule has 2 atom stereocenters. The van der Waals surface area contributed by atoms with Gasteiger partial charge in [-0.15, -0.1) is 0 Å². The molecule has 3 saturated heterocycles. The highest BCUT2D eigenvalue weighted by Gasteiger charge is 2.35. The van der Waals surface area contributed by atoms with Crippen LogP contribution >= 0.6 is 0 Å². The SMILES string of the molecule is CCC(C)C1CN2CCC1CC2. The van der Waals surface area contributed by atoms with Crippen LogP contribution in [0.25, 0.3) is 0 Å². The van der Waals surface area contributed by atoms with Crippen LogP contribution in [0, 0.1) is 17.8 Å². The molecule has 70 valence electrons. The fraction of sp³-hybridized carbons (Fsp3) is 1.00. The van der Waals surface area contributed by atoms with E-state index in [1.807, 2.05) is 0 Å². The van der Waals surface area contributed by atoms with Crippen LogP contribution in [0.3, 0.4) is 0 Å². The van der Waals surface area contributed by atoms with Crippen LogP contribution in [0.15, 0.2) is 0 Å². The van der Waals surface area contributed by atoms with E-state index in [4.69, 9.17) is 0 Å². The zero-order valence-corrected chi connectivity index (χ0v) is 8.42. The number of hydrogen-bond donors (Lipinski definition) is 0. The van der Waals surface area contributed by atoms with Gasteiger partial charge in [0.25, 0.3) is 0 Å². The van der Waals surface area contributed by atoms with Crippen LogP contribution in [-0.4, -0.2) is 24.5 Å². The lowest BCUT2D eigenvalue weighted by molar-refractivity contribution is 0.0227. The molecule has 2 bridgehead atoms. The molecule has 0 radical (unpaired) electrons. The molecule has 1 heteroatoms. The van der Waals surface area contributed by atoms with Gasteiger partial charge < -0.3 is 4.90 Å². The number of hydrogen-bond acceptors (Lipinski definition) is 1. The van der Waals surface area contributed by atoms with Gasteiger partial charge in [-0.2, -0.15) is 0 Å². The van der Waals surface area contributed by atoms with Gasteiger partial charge in [-0.25, -0.2) is 0 Å². The molecular formula is C11H21N. The Morgan fingerprint density at radius 3 is 2.42 bits per heavy atom. The van der Waals surface area contributed by atoms with Crippen molar-refractivity contribution in [1.29, 1.82) is 0 Å². The summed E-state index contributed by atoms with van der Waals surface area (Å²) in [6, 6.07) is 0. The molecule has 3 rings (SSSR count). The first kappa shape index (κ1) is 8.55. The average Bonchev–Trinajstić information content (AvgIpc) is 2.18. The molecule has 0 aromatic heterocycles. The van der Waals surface area contributed by atoms with Crippen molar-refractivity contribution in [2.75, 3.05) is 19.6 Å². The Labute approximate surface area is 76.1 Å². The molecule has 0 aromatic carbocycles. The van der Waals surface area contributed by atoms with Gasteiger partial charge in [-0.3, -0.25) is 0 Å². The molecule has 3 fully saturated rings. The first-order valence-corrected chi connectivity index (χ1v) is 5.53. The van der Waals surface area contributed by atoms with Crippen molar-refractivity contribution < 1.29 is 0 Å². The van der Waals surface area contributed by atoms with Crippen molar-refractivity contribution in [3.05, 3.63) is 0 Å². The third-order valence-electron chi connectivity index (χ3n) is 4.08. The lowest BCUT2D eigenvalue weighted by atomic mass is 9.72. The van der Waals surface area contributed by atoms with Gasteiger partial charge in [0.2, 0.25) is 0 Å². The third kappa shape index (κ3) is 1.39.